The SMILES string of the molecule is CCNC(=NCC(C)(O)CN1CCOCC1)NCC1(c2ccc(F)cc2)CCC1.I. The van der Waals surface area contributed by atoms with Crippen LogP contribution in [0.25, 0.3) is 0 Å². The van der Waals surface area contributed by atoms with Crippen molar-refractivity contribution >= 4 is 29.9 Å². The van der Waals surface area contributed by atoms with Gasteiger partial charge in [0.1, 0.15) is 5.82 Å². The van der Waals surface area contributed by atoms with Crippen molar-refractivity contribution in [2.45, 2.75) is 44.1 Å². The van der Waals surface area contributed by atoms with E-state index in [1.807, 2.05) is 26.0 Å². The number of β-amino-alcohol motifs (C(OH)–C–C–N with tert-alkyl or cyclic N) is 1. The molecule has 2 fully saturated rings. The molecule has 0 radical (unpaired) electrons. The molecule has 8 heteroatoms. The number of nitrogens with one attached hydrogen (secondary N) is 2. The van der Waals surface area contributed by atoms with Gasteiger partial charge < -0.3 is 20.5 Å². The fraction of sp³-hybridized carbons (Fsp3) is 0.682. The highest BCUT2D eigenvalue weighted by atomic mass is 127. The summed E-state index contributed by atoms with van der Waals surface area (Å²) in [6, 6.07) is 6.87. The van der Waals surface area contributed by atoms with Gasteiger partial charge >= 0.3 is 0 Å². The van der Waals surface area contributed by atoms with E-state index in [0.29, 0.717) is 19.0 Å². The Balaban J connectivity index is 0.00000320. The molecule has 1 saturated carbocycles. The summed E-state index contributed by atoms with van der Waals surface area (Å²) < 4.78 is 18.7. The fourth-order valence-electron chi connectivity index (χ4n) is 4.11. The number of aliphatic imine (C=N–C) groups is 1. The zero-order valence-electron chi connectivity index (χ0n) is 18.1. The van der Waals surface area contributed by atoms with Crippen LogP contribution in [0.5, 0.6) is 0 Å². The van der Waals surface area contributed by atoms with Gasteiger partial charge in [-0.25, -0.2) is 4.39 Å². The number of halogens is 2. The van der Waals surface area contributed by atoms with Crippen molar-refractivity contribution in [3.63, 3.8) is 0 Å². The van der Waals surface area contributed by atoms with Crippen LogP contribution in [0.1, 0.15) is 38.7 Å². The lowest BCUT2D eigenvalue weighted by Gasteiger charge is -2.43. The normalized spacial score (nSPS) is 21.1. The summed E-state index contributed by atoms with van der Waals surface area (Å²) in [6.45, 7) is 9.39. The molecule has 3 N–H and O–H groups in total. The summed E-state index contributed by atoms with van der Waals surface area (Å²) in [6.07, 6.45) is 3.35. The van der Waals surface area contributed by atoms with Gasteiger partial charge in [-0.3, -0.25) is 9.89 Å². The molecule has 0 bridgehead atoms. The number of guanidine groups is 1. The second-order valence-electron chi connectivity index (χ2n) is 8.57. The smallest absolute Gasteiger partial charge is 0.191 e. The number of morpholine rings is 1. The van der Waals surface area contributed by atoms with E-state index >= 15 is 0 Å². The second kappa shape index (κ2) is 11.6. The number of ether oxygens (including phenoxy) is 1. The molecular weight excluding hydrogens is 498 g/mol. The third-order valence-electron chi connectivity index (χ3n) is 5.95. The number of aliphatic hydroxyl groups is 1. The lowest BCUT2D eigenvalue weighted by molar-refractivity contribution is -0.0180. The topological polar surface area (TPSA) is 69.1 Å². The van der Waals surface area contributed by atoms with Gasteiger partial charge in [-0.05, 0) is 44.4 Å². The molecule has 170 valence electrons. The third-order valence-corrected chi connectivity index (χ3v) is 5.95. The van der Waals surface area contributed by atoms with Crippen LogP contribution in [-0.4, -0.2) is 74.0 Å². The van der Waals surface area contributed by atoms with Crippen molar-refractivity contribution in [1.82, 2.24) is 15.5 Å². The Morgan fingerprint density at radius 2 is 1.90 bits per heavy atom. The van der Waals surface area contributed by atoms with E-state index in [0.717, 1.165) is 52.2 Å². The van der Waals surface area contributed by atoms with Crippen molar-refractivity contribution in [3.8, 4) is 0 Å². The minimum atomic E-state index is -0.898. The van der Waals surface area contributed by atoms with Crippen LogP contribution >= 0.6 is 24.0 Å². The van der Waals surface area contributed by atoms with Crippen LogP contribution in [-0.2, 0) is 10.2 Å². The summed E-state index contributed by atoms with van der Waals surface area (Å²) >= 11 is 0. The van der Waals surface area contributed by atoms with Crippen LogP contribution < -0.4 is 10.6 Å². The number of rotatable bonds is 8. The van der Waals surface area contributed by atoms with E-state index < -0.39 is 5.60 Å². The second-order valence-corrected chi connectivity index (χ2v) is 8.57. The summed E-state index contributed by atoms with van der Waals surface area (Å²) in [4.78, 5) is 6.87. The first-order valence-electron chi connectivity index (χ1n) is 10.7. The Hall–Kier alpha value is -0.970. The lowest BCUT2D eigenvalue weighted by Crippen LogP contribution is -2.50. The molecule has 1 atom stereocenters. The summed E-state index contributed by atoms with van der Waals surface area (Å²) in [5.41, 5.74) is 0.304. The van der Waals surface area contributed by atoms with E-state index in [2.05, 4.69) is 20.5 Å². The highest BCUT2D eigenvalue weighted by molar-refractivity contribution is 14.0. The highest BCUT2D eigenvalue weighted by Gasteiger charge is 2.38. The maximum Gasteiger partial charge on any atom is 0.191 e. The van der Waals surface area contributed by atoms with Crippen LogP contribution in [0.2, 0.25) is 0 Å². The van der Waals surface area contributed by atoms with Crippen LogP contribution in [0.15, 0.2) is 29.3 Å². The van der Waals surface area contributed by atoms with Crippen molar-refractivity contribution in [1.29, 1.82) is 0 Å². The van der Waals surface area contributed by atoms with Crippen LogP contribution in [0, 0.1) is 5.82 Å². The molecule has 0 amide bonds. The Labute approximate surface area is 196 Å². The van der Waals surface area contributed by atoms with E-state index in [1.165, 1.54) is 24.1 Å². The highest BCUT2D eigenvalue weighted by Crippen LogP contribution is 2.43. The Bertz CT molecular complexity index is 674. The van der Waals surface area contributed by atoms with E-state index in [9.17, 15) is 9.50 Å². The van der Waals surface area contributed by atoms with E-state index in [1.54, 1.807) is 0 Å². The zero-order valence-corrected chi connectivity index (χ0v) is 20.5. The molecule has 2 aliphatic rings. The van der Waals surface area contributed by atoms with Gasteiger partial charge in [0, 0.05) is 38.1 Å². The predicted octanol–water partition coefficient (Wildman–Crippen LogP) is 2.50. The molecule has 0 spiro atoms. The average Bonchev–Trinajstić information content (AvgIpc) is 2.67. The summed E-state index contributed by atoms with van der Waals surface area (Å²) in [5, 5.41) is 17.5. The van der Waals surface area contributed by atoms with E-state index in [-0.39, 0.29) is 35.2 Å². The van der Waals surface area contributed by atoms with Gasteiger partial charge in [0.25, 0.3) is 0 Å². The first-order valence-corrected chi connectivity index (χ1v) is 10.7. The zero-order chi connectivity index (χ0) is 20.7. The Morgan fingerprint density at radius 3 is 2.47 bits per heavy atom. The fourth-order valence-corrected chi connectivity index (χ4v) is 4.11. The van der Waals surface area contributed by atoms with E-state index in [4.69, 9.17) is 4.74 Å². The minimum Gasteiger partial charge on any atom is -0.387 e. The molecule has 1 aliphatic heterocycles. The molecule has 1 aromatic carbocycles. The summed E-state index contributed by atoms with van der Waals surface area (Å²) in [7, 11) is 0. The molecule has 0 aromatic heterocycles. The first-order chi connectivity index (χ1) is 13.9. The molecular formula is C22H36FIN4O2. The van der Waals surface area contributed by atoms with Gasteiger partial charge in [0.15, 0.2) is 5.96 Å². The standard InChI is InChI=1S/C22H35FN4O2.HI/c1-3-24-20(25-15-21(2,28)17-27-11-13-29-14-12-27)26-16-22(9-4-10-22)18-5-7-19(23)8-6-18;/h5-8,28H,3-4,9-17H2,1-2H3,(H2,24,25,26);1H. The molecule has 3 rings (SSSR count). The van der Waals surface area contributed by atoms with Crippen LogP contribution in [0.3, 0.4) is 0 Å². The average molecular weight is 534 g/mol. The quantitative estimate of drug-likeness (QED) is 0.272. The Morgan fingerprint density at radius 1 is 1.23 bits per heavy atom. The number of benzene rings is 1. The predicted molar refractivity (Wildman–Crippen MR) is 129 cm³/mol. The molecule has 6 nitrogen and oxygen atoms in total. The number of nitrogens with zero attached hydrogens (tertiary/aromatic N) is 2. The third kappa shape index (κ3) is 7.03. The van der Waals surface area contributed by atoms with Gasteiger partial charge in [-0.2, -0.15) is 0 Å². The van der Waals surface area contributed by atoms with Gasteiger partial charge in [-0.15, -0.1) is 24.0 Å². The molecule has 1 unspecified atom stereocenters. The number of hydrogen-bond acceptors (Lipinski definition) is 4. The minimum absolute atomic E-state index is 0. The lowest BCUT2D eigenvalue weighted by atomic mass is 9.64. The largest absolute Gasteiger partial charge is 0.387 e. The monoisotopic (exact) mass is 534 g/mol. The maximum atomic E-state index is 13.3. The van der Waals surface area contributed by atoms with Crippen molar-refractivity contribution in [2.75, 3.05) is 52.5 Å². The molecule has 1 aliphatic carbocycles. The van der Waals surface area contributed by atoms with Crippen LogP contribution in [0.4, 0.5) is 4.39 Å². The van der Waals surface area contributed by atoms with Gasteiger partial charge in [-0.1, -0.05) is 18.6 Å². The van der Waals surface area contributed by atoms with Gasteiger partial charge in [0.05, 0.1) is 25.4 Å². The number of hydrogen-bond donors (Lipinski definition) is 3. The first kappa shape index (κ1) is 25.3. The molecule has 30 heavy (non-hydrogen) atoms. The van der Waals surface area contributed by atoms with Crippen molar-refractivity contribution < 1.29 is 14.2 Å². The summed E-state index contributed by atoms with van der Waals surface area (Å²) in [5.74, 6) is 0.511. The molecule has 1 heterocycles. The van der Waals surface area contributed by atoms with Gasteiger partial charge in [0.2, 0.25) is 0 Å². The molecule has 1 aromatic rings. The van der Waals surface area contributed by atoms with Crippen molar-refractivity contribution in [2.24, 2.45) is 4.99 Å². The van der Waals surface area contributed by atoms with Crippen molar-refractivity contribution in [3.05, 3.63) is 35.6 Å². The Kier molecular flexibility index (Phi) is 9.77. The maximum absolute atomic E-state index is 13.3. The molecule has 1 saturated heterocycles.